The minimum Gasteiger partial charge on any atom is -0.495 e. The van der Waals surface area contributed by atoms with Crippen molar-refractivity contribution in [3.05, 3.63) is 55.3 Å². The van der Waals surface area contributed by atoms with Gasteiger partial charge in [0.1, 0.15) is 22.7 Å². The van der Waals surface area contributed by atoms with Gasteiger partial charge in [-0.05, 0) is 19.1 Å². The molecule has 1 aromatic heterocycles. The quantitative estimate of drug-likeness (QED) is 0.846. The van der Waals surface area contributed by atoms with Crippen LogP contribution >= 0.6 is 11.6 Å². The average Bonchev–Trinajstić information content (AvgIpc) is 2.45. The summed E-state index contributed by atoms with van der Waals surface area (Å²) in [5.41, 5.74) is -0.894. The number of ether oxygens (including phenoxy) is 1. The largest absolute Gasteiger partial charge is 0.495 e. The Labute approximate surface area is 118 Å². The molecule has 0 unspecified atom stereocenters. The van der Waals surface area contributed by atoms with Crippen molar-refractivity contribution >= 4 is 11.6 Å². The zero-order valence-electron chi connectivity index (χ0n) is 10.7. The zero-order valence-corrected chi connectivity index (χ0v) is 11.5. The molecule has 0 saturated carbocycles. The van der Waals surface area contributed by atoms with Crippen molar-refractivity contribution in [2.75, 3.05) is 7.11 Å². The van der Waals surface area contributed by atoms with Gasteiger partial charge in [0.25, 0.3) is 5.56 Å². The van der Waals surface area contributed by atoms with Gasteiger partial charge in [0.15, 0.2) is 0 Å². The van der Waals surface area contributed by atoms with Crippen LogP contribution in [-0.4, -0.2) is 16.7 Å². The molecule has 102 valence electrons. The van der Waals surface area contributed by atoms with Gasteiger partial charge < -0.3 is 4.74 Å². The van der Waals surface area contributed by atoms with Crippen molar-refractivity contribution in [1.82, 2.24) is 9.55 Å². The van der Waals surface area contributed by atoms with Crippen LogP contribution in [0.5, 0.6) is 5.75 Å². The van der Waals surface area contributed by atoms with Gasteiger partial charge >= 0.3 is 5.69 Å². The highest BCUT2D eigenvalue weighted by atomic mass is 35.5. The van der Waals surface area contributed by atoms with Crippen molar-refractivity contribution in [2.45, 2.75) is 6.92 Å². The number of H-pyrrole nitrogens is 1. The molecular formula is C13H10ClN3O3. The van der Waals surface area contributed by atoms with Crippen molar-refractivity contribution in [2.24, 2.45) is 0 Å². The molecule has 0 aliphatic rings. The number of aromatic amines is 1. The lowest BCUT2D eigenvalue weighted by molar-refractivity contribution is 0.412. The number of nitrogens with one attached hydrogen (secondary N) is 1. The summed E-state index contributed by atoms with van der Waals surface area (Å²) in [6.45, 7) is 1.48. The van der Waals surface area contributed by atoms with Crippen LogP contribution < -0.4 is 16.0 Å². The highest BCUT2D eigenvalue weighted by molar-refractivity contribution is 6.30. The maximum atomic E-state index is 12.2. The molecule has 0 radical (unpaired) electrons. The molecule has 0 spiro atoms. The Morgan fingerprint density at radius 1 is 1.40 bits per heavy atom. The third-order valence-electron chi connectivity index (χ3n) is 2.84. The third kappa shape index (κ3) is 2.08. The fourth-order valence-electron chi connectivity index (χ4n) is 1.81. The van der Waals surface area contributed by atoms with Gasteiger partial charge in [0.05, 0.1) is 18.2 Å². The Balaban J connectivity index is 2.97. The first-order valence-electron chi connectivity index (χ1n) is 5.60. The maximum Gasteiger partial charge on any atom is 0.334 e. The number of nitrogens with zero attached hydrogens (tertiary/aromatic N) is 2. The van der Waals surface area contributed by atoms with Crippen LogP contribution in [0.15, 0.2) is 27.8 Å². The van der Waals surface area contributed by atoms with Gasteiger partial charge in [0.2, 0.25) is 0 Å². The SMILES string of the molecule is COc1cccc(C#N)c1-n1c(=O)[nH]c(Cl)c(C)c1=O. The van der Waals surface area contributed by atoms with Crippen molar-refractivity contribution in [3.8, 4) is 17.5 Å². The van der Waals surface area contributed by atoms with Gasteiger partial charge in [-0.15, -0.1) is 0 Å². The van der Waals surface area contributed by atoms with Crippen LogP contribution in [0.25, 0.3) is 5.69 Å². The summed E-state index contributed by atoms with van der Waals surface area (Å²) in [7, 11) is 1.39. The number of hydrogen-bond donors (Lipinski definition) is 1. The third-order valence-corrected chi connectivity index (χ3v) is 3.21. The second-order valence-electron chi connectivity index (χ2n) is 3.98. The molecule has 20 heavy (non-hydrogen) atoms. The molecule has 0 atom stereocenters. The number of benzene rings is 1. The van der Waals surface area contributed by atoms with E-state index in [1.807, 2.05) is 6.07 Å². The standard InChI is InChI=1S/C13H10ClN3O3/c1-7-11(14)16-13(19)17(12(7)18)10-8(6-15)4-3-5-9(10)20-2/h3-5H,1-2H3,(H,16,19). The number of rotatable bonds is 2. The van der Waals surface area contributed by atoms with Gasteiger partial charge in [-0.2, -0.15) is 5.26 Å². The van der Waals surface area contributed by atoms with Gasteiger partial charge in [-0.25, -0.2) is 9.36 Å². The summed E-state index contributed by atoms with van der Waals surface area (Å²) in [6.07, 6.45) is 0. The lowest BCUT2D eigenvalue weighted by Crippen LogP contribution is -2.36. The first kappa shape index (κ1) is 13.9. The first-order chi connectivity index (χ1) is 9.51. The highest BCUT2D eigenvalue weighted by Gasteiger charge is 2.17. The number of para-hydroxylation sites is 1. The molecule has 1 N–H and O–H groups in total. The Hall–Kier alpha value is -2.52. The van der Waals surface area contributed by atoms with Crippen LogP contribution in [-0.2, 0) is 0 Å². The summed E-state index contributed by atoms with van der Waals surface area (Å²) in [5, 5.41) is 9.12. The van der Waals surface area contributed by atoms with E-state index in [9.17, 15) is 9.59 Å². The normalized spacial score (nSPS) is 10.1. The molecule has 0 aliphatic carbocycles. The molecule has 1 aromatic carbocycles. The van der Waals surface area contributed by atoms with Crippen LogP contribution in [0.2, 0.25) is 5.15 Å². The Morgan fingerprint density at radius 2 is 2.10 bits per heavy atom. The molecule has 7 heteroatoms. The van der Waals surface area contributed by atoms with E-state index in [1.54, 1.807) is 12.1 Å². The summed E-state index contributed by atoms with van der Waals surface area (Å²) < 4.78 is 5.97. The predicted octanol–water partition coefficient (Wildman–Crippen LogP) is 1.37. The minimum atomic E-state index is -0.730. The molecule has 1 heterocycles. The minimum absolute atomic E-state index is 0.0235. The zero-order chi connectivity index (χ0) is 14.9. The van der Waals surface area contributed by atoms with Crippen molar-refractivity contribution in [1.29, 1.82) is 5.26 Å². The van der Waals surface area contributed by atoms with E-state index in [0.29, 0.717) is 0 Å². The lowest BCUT2D eigenvalue weighted by atomic mass is 10.1. The van der Waals surface area contributed by atoms with Crippen LogP contribution in [0.1, 0.15) is 11.1 Å². The van der Waals surface area contributed by atoms with E-state index >= 15 is 0 Å². The second kappa shape index (κ2) is 5.23. The second-order valence-corrected chi connectivity index (χ2v) is 4.36. The Bertz CT molecular complexity index is 830. The summed E-state index contributed by atoms with van der Waals surface area (Å²) >= 11 is 5.76. The van der Waals surface area contributed by atoms with E-state index in [0.717, 1.165) is 4.57 Å². The number of aromatic nitrogens is 2. The molecule has 2 aromatic rings. The molecule has 0 aliphatic heterocycles. The predicted molar refractivity (Wildman–Crippen MR) is 73.7 cm³/mol. The molecule has 0 saturated heterocycles. The molecule has 0 fully saturated rings. The fourth-order valence-corrected chi connectivity index (χ4v) is 1.97. The number of halogens is 1. The monoisotopic (exact) mass is 291 g/mol. The van der Waals surface area contributed by atoms with E-state index in [-0.39, 0.29) is 27.7 Å². The highest BCUT2D eigenvalue weighted by Crippen LogP contribution is 2.24. The molecule has 2 rings (SSSR count). The van der Waals surface area contributed by atoms with Crippen LogP contribution in [0.3, 0.4) is 0 Å². The molecular weight excluding hydrogens is 282 g/mol. The van der Waals surface area contributed by atoms with Crippen molar-refractivity contribution in [3.63, 3.8) is 0 Å². The topological polar surface area (TPSA) is 87.9 Å². The first-order valence-corrected chi connectivity index (χ1v) is 5.98. The van der Waals surface area contributed by atoms with E-state index in [2.05, 4.69) is 4.98 Å². The Morgan fingerprint density at radius 3 is 2.70 bits per heavy atom. The number of nitriles is 1. The van der Waals surface area contributed by atoms with Gasteiger partial charge in [-0.1, -0.05) is 17.7 Å². The van der Waals surface area contributed by atoms with E-state index in [1.165, 1.54) is 20.1 Å². The smallest absolute Gasteiger partial charge is 0.334 e. The lowest BCUT2D eigenvalue weighted by Gasteiger charge is -2.12. The Kier molecular flexibility index (Phi) is 3.63. The van der Waals surface area contributed by atoms with E-state index in [4.69, 9.17) is 21.6 Å². The summed E-state index contributed by atoms with van der Waals surface area (Å²) in [4.78, 5) is 26.6. The van der Waals surface area contributed by atoms with Gasteiger partial charge in [-0.3, -0.25) is 9.78 Å². The summed E-state index contributed by atoms with van der Waals surface area (Å²) in [5.74, 6) is 0.248. The summed E-state index contributed by atoms with van der Waals surface area (Å²) in [6, 6.07) is 6.59. The number of hydrogen-bond acceptors (Lipinski definition) is 4. The molecule has 0 amide bonds. The van der Waals surface area contributed by atoms with E-state index < -0.39 is 11.2 Å². The molecule has 0 bridgehead atoms. The maximum absolute atomic E-state index is 12.2. The number of methoxy groups -OCH3 is 1. The van der Waals surface area contributed by atoms with Crippen molar-refractivity contribution < 1.29 is 4.74 Å². The van der Waals surface area contributed by atoms with Crippen LogP contribution in [0.4, 0.5) is 0 Å². The van der Waals surface area contributed by atoms with Crippen LogP contribution in [0, 0.1) is 18.3 Å². The average molecular weight is 292 g/mol. The van der Waals surface area contributed by atoms with Gasteiger partial charge in [0, 0.05) is 0 Å². The fraction of sp³-hybridized carbons (Fsp3) is 0.154. The molecule has 6 nitrogen and oxygen atoms in total.